The minimum atomic E-state index is -0.528. The second kappa shape index (κ2) is 4.49. The highest BCUT2D eigenvalue weighted by molar-refractivity contribution is 6.62. The van der Waals surface area contributed by atoms with E-state index in [0.29, 0.717) is 5.46 Å². The van der Waals surface area contributed by atoms with Crippen LogP contribution in [0.4, 0.5) is 10.1 Å². The van der Waals surface area contributed by atoms with E-state index in [1.165, 1.54) is 12.1 Å². The summed E-state index contributed by atoms with van der Waals surface area (Å²) < 4.78 is 25.6. The third-order valence-electron chi connectivity index (χ3n) is 3.95. The fourth-order valence-electron chi connectivity index (χ4n) is 1.97. The van der Waals surface area contributed by atoms with Gasteiger partial charge in [-0.05, 0) is 51.4 Å². The van der Waals surface area contributed by atoms with E-state index in [0.717, 1.165) is 5.69 Å². The molecule has 1 heterocycles. The summed E-state index contributed by atoms with van der Waals surface area (Å²) in [6.45, 7) is 7.94. The van der Waals surface area contributed by atoms with Gasteiger partial charge in [-0.1, -0.05) is 0 Å². The van der Waals surface area contributed by atoms with Gasteiger partial charge in [0.05, 0.1) is 11.2 Å². The number of rotatable bonds is 2. The highest BCUT2D eigenvalue weighted by atomic mass is 19.1. The Morgan fingerprint density at radius 3 is 2.00 bits per heavy atom. The summed E-state index contributed by atoms with van der Waals surface area (Å²) in [5.74, 6) is -0.282. The molecule has 1 aliphatic heterocycles. The van der Waals surface area contributed by atoms with E-state index in [4.69, 9.17) is 9.31 Å². The first-order valence-electron chi connectivity index (χ1n) is 6.46. The molecule has 1 fully saturated rings. The Morgan fingerprint density at radius 1 is 1.00 bits per heavy atom. The van der Waals surface area contributed by atoms with Gasteiger partial charge in [0.15, 0.2) is 0 Å². The first-order chi connectivity index (χ1) is 8.62. The zero-order valence-electron chi connectivity index (χ0n) is 12.5. The van der Waals surface area contributed by atoms with Gasteiger partial charge in [0.2, 0.25) is 0 Å². The van der Waals surface area contributed by atoms with Crippen LogP contribution in [-0.4, -0.2) is 32.4 Å². The molecule has 0 spiro atoms. The molecule has 0 bridgehead atoms. The van der Waals surface area contributed by atoms with Gasteiger partial charge >= 0.3 is 7.12 Å². The maximum atomic E-state index is 13.7. The molecule has 1 aliphatic rings. The summed E-state index contributed by atoms with van der Waals surface area (Å²) in [4.78, 5) is 1.86. The first-order valence-corrected chi connectivity index (χ1v) is 6.46. The van der Waals surface area contributed by atoms with E-state index in [2.05, 4.69) is 0 Å². The largest absolute Gasteiger partial charge is 0.495 e. The molecule has 1 saturated heterocycles. The van der Waals surface area contributed by atoms with Crippen LogP contribution in [-0.2, 0) is 9.31 Å². The summed E-state index contributed by atoms with van der Waals surface area (Å²) in [6.07, 6.45) is 0. The van der Waals surface area contributed by atoms with Gasteiger partial charge in [-0.3, -0.25) is 0 Å². The van der Waals surface area contributed by atoms with Crippen LogP contribution in [0, 0.1) is 5.82 Å². The summed E-state index contributed by atoms with van der Waals surface area (Å²) in [7, 11) is 3.23. The highest BCUT2D eigenvalue weighted by Crippen LogP contribution is 2.36. The minimum absolute atomic E-state index is 0.282. The molecule has 0 aliphatic carbocycles. The van der Waals surface area contributed by atoms with Crippen LogP contribution in [0.5, 0.6) is 0 Å². The molecule has 5 heteroatoms. The maximum Gasteiger partial charge on any atom is 0.495 e. The van der Waals surface area contributed by atoms with Crippen LogP contribution < -0.4 is 10.4 Å². The molecule has 1 aromatic rings. The lowest BCUT2D eigenvalue weighted by Crippen LogP contribution is -2.41. The smallest absolute Gasteiger partial charge is 0.399 e. The van der Waals surface area contributed by atoms with E-state index < -0.39 is 18.3 Å². The zero-order chi connectivity index (χ0) is 14.4. The van der Waals surface area contributed by atoms with E-state index >= 15 is 0 Å². The van der Waals surface area contributed by atoms with Crippen LogP contribution in [0.3, 0.4) is 0 Å². The molecule has 0 unspecified atom stereocenters. The van der Waals surface area contributed by atoms with Gasteiger partial charge in [-0.25, -0.2) is 4.39 Å². The van der Waals surface area contributed by atoms with Gasteiger partial charge in [-0.2, -0.15) is 0 Å². The Kier molecular flexibility index (Phi) is 3.39. The van der Waals surface area contributed by atoms with E-state index in [1.807, 2.05) is 52.8 Å². The lowest BCUT2D eigenvalue weighted by molar-refractivity contribution is 0.00578. The second-order valence-electron chi connectivity index (χ2n) is 6.23. The molecular weight excluding hydrogens is 244 g/mol. The van der Waals surface area contributed by atoms with Gasteiger partial charge < -0.3 is 14.2 Å². The molecule has 104 valence electrons. The van der Waals surface area contributed by atoms with Crippen LogP contribution >= 0.6 is 0 Å². The molecule has 0 aromatic heterocycles. The lowest BCUT2D eigenvalue weighted by Gasteiger charge is -2.32. The Labute approximate surface area is 114 Å². The molecule has 0 N–H and O–H groups in total. The number of anilines is 1. The minimum Gasteiger partial charge on any atom is -0.399 e. The summed E-state index contributed by atoms with van der Waals surface area (Å²) in [6, 6.07) is 4.86. The molecule has 0 atom stereocenters. The van der Waals surface area contributed by atoms with Crippen molar-refractivity contribution in [3.05, 3.63) is 24.0 Å². The highest BCUT2D eigenvalue weighted by Gasteiger charge is 2.51. The van der Waals surface area contributed by atoms with Crippen molar-refractivity contribution in [1.29, 1.82) is 0 Å². The van der Waals surface area contributed by atoms with Crippen LogP contribution in [0.25, 0.3) is 0 Å². The summed E-state index contributed by atoms with van der Waals surface area (Å²) >= 11 is 0. The van der Waals surface area contributed by atoms with Crippen molar-refractivity contribution < 1.29 is 13.7 Å². The molecule has 19 heavy (non-hydrogen) atoms. The standard InChI is InChI=1S/C14H21BFNO2/c1-13(2)14(3,4)19-15(18-13)10-7-11(16)9-12(8-10)17(5)6/h7-9H,1-6H3. The Bertz CT molecular complexity index is 472. The maximum absolute atomic E-state index is 13.7. The molecular formula is C14H21BFNO2. The number of nitrogens with zero attached hydrogens (tertiary/aromatic N) is 1. The van der Waals surface area contributed by atoms with Crippen molar-refractivity contribution >= 4 is 18.3 Å². The normalized spacial score (nSPS) is 20.7. The van der Waals surface area contributed by atoms with Crippen molar-refractivity contribution in [2.24, 2.45) is 0 Å². The Balaban J connectivity index is 2.34. The van der Waals surface area contributed by atoms with Crippen molar-refractivity contribution in [1.82, 2.24) is 0 Å². The predicted octanol–water partition coefficient (Wildman–Crippen LogP) is 2.19. The van der Waals surface area contributed by atoms with E-state index in [1.54, 1.807) is 0 Å². The van der Waals surface area contributed by atoms with Crippen LogP contribution in [0.1, 0.15) is 27.7 Å². The molecule has 3 nitrogen and oxygen atoms in total. The van der Waals surface area contributed by atoms with Crippen molar-refractivity contribution in [3.8, 4) is 0 Å². The third kappa shape index (κ3) is 2.62. The van der Waals surface area contributed by atoms with Gasteiger partial charge in [0.1, 0.15) is 5.82 Å². The summed E-state index contributed by atoms with van der Waals surface area (Å²) in [5.41, 5.74) is 0.678. The Morgan fingerprint density at radius 2 is 1.53 bits per heavy atom. The molecule has 0 radical (unpaired) electrons. The second-order valence-corrected chi connectivity index (χ2v) is 6.23. The molecule has 0 amide bonds. The lowest BCUT2D eigenvalue weighted by atomic mass is 9.79. The SMILES string of the molecule is CN(C)c1cc(F)cc(B2OC(C)(C)C(C)(C)O2)c1. The monoisotopic (exact) mass is 265 g/mol. The van der Waals surface area contributed by atoms with Crippen molar-refractivity contribution in [3.63, 3.8) is 0 Å². The number of hydrogen-bond donors (Lipinski definition) is 0. The van der Waals surface area contributed by atoms with Crippen LogP contribution in [0.2, 0.25) is 0 Å². The average molecular weight is 265 g/mol. The predicted molar refractivity (Wildman–Crippen MR) is 76.4 cm³/mol. The first kappa shape index (κ1) is 14.3. The van der Waals surface area contributed by atoms with Crippen molar-refractivity contribution in [2.75, 3.05) is 19.0 Å². The number of hydrogen-bond acceptors (Lipinski definition) is 3. The average Bonchev–Trinajstić information content (AvgIpc) is 2.47. The quantitative estimate of drug-likeness (QED) is 0.765. The number of benzene rings is 1. The Hall–Kier alpha value is -1.07. The topological polar surface area (TPSA) is 21.7 Å². The van der Waals surface area contributed by atoms with Gasteiger partial charge in [0, 0.05) is 19.8 Å². The molecule has 1 aromatic carbocycles. The fourth-order valence-corrected chi connectivity index (χ4v) is 1.97. The third-order valence-corrected chi connectivity index (χ3v) is 3.95. The van der Waals surface area contributed by atoms with E-state index in [9.17, 15) is 4.39 Å². The molecule has 0 saturated carbocycles. The molecule has 2 rings (SSSR count). The fraction of sp³-hybridized carbons (Fsp3) is 0.571. The van der Waals surface area contributed by atoms with E-state index in [-0.39, 0.29) is 5.82 Å². The van der Waals surface area contributed by atoms with Crippen molar-refractivity contribution in [2.45, 2.75) is 38.9 Å². The summed E-state index contributed by atoms with van der Waals surface area (Å²) in [5, 5.41) is 0. The van der Waals surface area contributed by atoms with Gasteiger partial charge in [0.25, 0.3) is 0 Å². The zero-order valence-corrected chi connectivity index (χ0v) is 12.5. The number of halogens is 1. The van der Waals surface area contributed by atoms with Gasteiger partial charge in [-0.15, -0.1) is 0 Å². The van der Waals surface area contributed by atoms with Crippen LogP contribution in [0.15, 0.2) is 18.2 Å².